The molecule has 7 heteroatoms. The molecule has 0 aliphatic carbocycles. The molecule has 0 unspecified atom stereocenters. The predicted molar refractivity (Wildman–Crippen MR) is 91.8 cm³/mol. The number of ether oxygens (including phenoxy) is 3. The molecule has 0 aliphatic rings. The number of carbonyl (C=O) groups excluding carboxylic acids is 1. The fourth-order valence-electron chi connectivity index (χ4n) is 2.22. The van der Waals surface area contributed by atoms with Crippen LogP contribution in [0.2, 0.25) is 0 Å². The predicted octanol–water partition coefficient (Wildman–Crippen LogP) is 0.465. The number of hydrogen-bond donors (Lipinski definition) is 2. The van der Waals surface area contributed by atoms with Crippen LogP contribution in [0.3, 0.4) is 0 Å². The summed E-state index contributed by atoms with van der Waals surface area (Å²) in [6.07, 6.45) is 0.350. The lowest BCUT2D eigenvalue weighted by Crippen LogP contribution is -2.75. The summed E-state index contributed by atoms with van der Waals surface area (Å²) in [6.45, 7) is 0. The summed E-state index contributed by atoms with van der Waals surface area (Å²) in [5, 5.41) is 2.46. The van der Waals surface area contributed by atoms with Crippen molar-refractivity contribution in [1.29, 1.82) is 0 Å². The smallest absolute Gasteiger partial charge is 0.388 e. The van der Waals surface area contributed by atoms with E-state index < -0.39 is 5.97 Å². The molecule has 25 heavy (non-hydrogen) atoms. The number of carbonyl (C=O) groups is 1. The first-order chi connectivity index (χ1) is 12.1. The third kappa shape index (κ3) is 4.63. The highest BCUT2D eigenvalue weighted by Crippen LogP contribution is 2.27. The van der Waals surface area contributed by atoms with Crippen LogP contribution in [-0.4, -0.2) is 33.1 Å². The first-order valence-electron chi connectivity index (χ1n) is 7.51. The van der Waals surface area contributed by atoms with Gasteiger partial charge in [0.2, 0.25) is 0 Å². The lowest BCUT2D eigenvalue weighted by molar-refractivity contribution is -0.722. The number of amidine groups is 1. The van der Waals surface area contributed by atoms with Gasteiger partial charge in [-0.1, -0.05) is 23.4 Å². The monoisotopic (exact) mass is 345 g/mol. The largest absolute Gasteiger partial charge is 0.496 e. The van der Waals surface area contributed by atoms with Crippen molar-refractivity contribution in [2.45, 2.75) is 6.42 Å². The van der Waals surface area contributed by atoms with E-state index in [-0.39, 0.29) is 5.84 Å². The molecule has 132 valence electrons. The number of para-hydroxylation sites is 1. The minimum Gasteiger partial charge on any atom is -0.496 e. The Morgan fingerprint density at radius 1 is 0.960 bits per heavy atom. The second-order valence-corrected chi connectivity index (χ2v) is 5.08. The second kappa shape index (κ2) is 8.58. The summed E-state index contributed by atoms with van der Waals surface area (Å²) in [7, 11) is 4.59. The Labute approximate surface area is 145 Å². The van der Waals surface area contributed by atoms with E-state index in [4.69, 9.17) is 24.8 Å². The van der Waals surface area contributed by atoms with E-state index in [9.17, 15) is 4.79 Å². The summed E-state index contributed by atoms with van der Waals surface area (Å²) >= 11 is 0. The number of nitrogens with two attached hydrogens (primary N) is 1. The summed E-state index contributed by atoms with van der Waals surface area (Å²) < 4.78 is 15.5. The average Bonchev–Trinajstić information content (AvgIpc) is 2.65. The van der Waals surface area contributed by atoms with Gasteiger partial charge >= 0.3 is 5.97 Å². The first-order valence-corrected chi connectivity index (χ1v) is 7.51. The van der Waals surface area contributed by atoms with E-state index in [0.717, 1.165) is 5.56 Å². The van der Waals surface area contributed by atoms with Crippen molar-refractivity contribution in [2.24, 2.45) is 5.73 Å². The molecule has 0 amide bonds. The third-order valence-corrected chi connectivity index (χ3v) is 3.47. The van der Waals surface area contributed by atoms with Gasteiger partial charge in [-0.15, -0.1) is 0 Å². The summed E-state index contributed by atoms with van der Waals surface area (Å²) in [5.41, 5.74) is 7.06. The SMILES string of the molecule is COc1ccccc1CC(N)=[NH+]OC(=O)c1ccc(OC)c(OC)c1. The van der Waals surface area contributed by atoms with E-state index in [2.05, 4.69) is 5.16 Å². The number of benzene rings is 2. The van der Waals surface area contributed by atoms with Crippen molar-refractivity contribution in [3.63, 3.8) is 0 Å². The van der Waals surface area contributed by atoms with E-state index >= 15 is 0 Å². The molecule has 2 aromatic rings. The molecule has 0 atom stereocenters. The normalized spacial score (nSPS) is 10.9. The van der Waals surface area contributed by atoms with Crippen molar-refractivity contribution >= 4 is 11.8 Å². The van der Waals surface area contributed by atoms with Gasteiger partial charge in [-0.05, 0) is 24.3 Å². The molecule has 0 saturated carbocycles. The second-order valence-electron chi connectivity index (χ2n) is 5.08. The Morgan fingerprint density at radius 2 is 1.64 bits per heavy atom. The Kier molecular flexibility index (Phi) is 6.22. The summed E-state index contributed by atoms with van der Waals surface area (Å²) in [4.78, 5) is 17.1. The first kappa shape index (κ1) is 18.1. The molecule has 0 bridgehead atoms. The summed E-state index contributed by atoms with van der Waals surface area (Å²) in [6, 6.07) is 12.2. The fraction of sp³-hybridized carbons (Fsp3) is 0.222. The van der Waals surface area contributed by atoms with Gasteiger partial charge in [0.25, 0.3) is 5.84 Å². The molecular formula is C18H21N2O5+. The molecule has 0 saturated heterocycles. The third-order valence-electron chi connectivity index (χ3n) is 3.47. The zero-order valence-corrected chi connectivity index (χ0v) is 14.4. The highest BCUT2D eigenvalue weighted by molar-refractivity contribution is 5.90. The molecule has 0 radical (unpaired) electrons. The Balaban J connectivity index is 2.06. The van der Waals surface area contributed by atoms with Crippen LogP contribution in [0, 0.1) is 0 Å². The van der Waals surface area contributed by atoms with Crippen molar-refractivity contribution in [2.75, 3.05) is 21.3 Å². The van der Waals surface area contributed by atoms with Crippen molar-refractivity contribution in [3.8, 4) is 17.2 Å². The molecule has 2 rings (SSSR count). The van der Waals surface area contributed by atoms with Crippen LogP contribution in [0.25, 0.3) is 0 Å². The van der Waals surface area contributed by atoms with Crippen molar-refractivity contribution in [3.05, 3.63) is 53.6 Å². The molecule has 0 aromatic heterocycles. The van der Waals surface area contributed by atoms with Crippen LogP contribution in [0.4, 0.5) is 0 Å². The van der Waals surface area contributed by atoms with E-state index in [0.29, 0.717) is 29.2 Å². The van der Waals surface area contributed by atoms with Crippen molar-refractivity contribution in [1.82, 2.24) is 0 Å². The molecular weight excluding hydrogens is 324 g/mol. The fourth-order valence-corrected chi connectivity index (χ4v) is 2.22. The maximum atomic E-state index is 12.1. The van der Waals surface area contributed by atoms with E-state index in [1.807, 2.05) is 24.3 Å². The molecule has 0 heterocycles. The lowest BCUT2D eigenvalue weighted by Gasteiger charge is -2.08. The Morgan fingerprint density at radius 3 is 2.32 bits per heavy atom. The van der Waals surface area contributed by atoms with Gasteiger partial charge in [0.1, 0.15) is 5.75 Å². The van der Waals surface area contributed by atoms with Crippen molar-refractivity contribution < 1.29 is 29.0 Å². The van der Waals surface area contributed by atoms with Crippen LogP contribution in [0.5, 0.6) is 17.2 Å². The van der Waals surface area contributed by atoms with Gasteiger partial charge in [-0.2, -0.15) is 0 Å². The molecule has 2 aromatic carbocycles. The number of nitrogens with one attached hydrogen (secondary N) is 1. The zero-order chi connectivity index (χ0) is 18.2. The number of methoxy groups -OCH3 is 3. The molecule has 0 aliphatic heterocycles. The van der Waals surface area contributed by atoms with Crippen LogP contribution >= 0.6 is 0 Å². The van der Waals surface area contributed by atoms with Crippen LogP contribution in [-0.2, 0) is 11.3 Å². The van der Waals surface area contributed by atoms with Gasteiger partial charge in [-0.3, -0.25) is 10.6 Å². The average molecular weight is 345 g/mol. The van der Waals surface area contributed by atoms with Gasteiger partial charge < -0.3 is 14.2 Å². The molecule has 3 N–H and O–H groups in total. The zero-order valence-electron chi connectivity index (χ0n) is 14.4. The molecule has 7 nitrogen and oxygen atoms in total. The topological polar surface area (TPSA) is 94.0 Å². The van der Waals surface area contributed by atoms with Crippen LogP contribution in [0.1, 0.15) is 15.9 Å². The molecule has 0 fully saturated rings. The summed E-state index contributed by atoms with van der Waals surface area (Å²) in [5.74, 6) is 1.35. The standard InChI is InChI=1S/C18H20N2O5/c1-22-14-7-5-4-6-12(14)11-17(19)20-25-18(21)13-8-9-15(23-2)16(10-13)24-3/h4-10H,11H2,1-3H3,(H2,19,20)/p+1. The van der Waals surface area contributed by atoms with Gasteiger partial charge in [0, 0.05) is 5.56 Å². The highest BCUT2D eigenvalue weighted by atomic mass is 16.7. The number of hydrogen-bond acceptors (Lipinski definition) is 5. The van der Waals surface area contributed by atoms with E-state index in [1.54, 1.807) is 19.2 Å². The highest BCUT2D eigenvalue weighted by Gasteiger charge is 2.14. The van der Waals surface area contributed by atoms with Crippen LogP contribution < -0.4 is 25.1 Å². The van der Waals surface area contributed by atoms with E-state index in [1.165, 1.54) is 20.3 Å². The van der Waals surface area contributed by atoms with Crippen LogP contribution in [0.15, 0.2) is 42.5 Å². The van der Waals surface area contributed by atoms with Gasteiger partial charge in [0.15, 0.2) is 11.5 Å². The van der Waals surface area contributed by atoms with Gasteiger partial charge in [-0.25, -0.2) is 4.79 Å². The van der Waals surface area contributed by atoms with Gasteiger partial charge in [0.05, 0.1) is 33.3 Å². The Bertz CT molecular complexity index is 774. The lowest BCUT2D eigenvalue weighted by atomic mass is 10.1. The minimum absolute atomic E-state index is 0.276. The maximum absolute atomic E-state index is 12.1. The Hall–Kier alpha value is -3.22. The molecule has 0 spiro atoms. The minimum atomic E-state index is -0.594. The number of rotatable bonds is 7. The maximum Gasteiger partial charge on any atom is 0.388 e. The quantitative estimate of drug-likeness (QED) is 0.328.